The van der Waals surface area contributed by atoms with Crippen LogP contribution in [0.15, 0.2) is 47.5 Å². The Balaban J connectivity index is 1.64. The fourth-order valence-electron chi connectivity index (χ4n) is 2.54. The summed E-state index contributed by atoms with van der Waals surface area (Å²) < 4.78 is 11.1. The van der Waals surface area contributed by atoms with Gasteiger partial charge in [0.15, 0.2) is 6.73 Å². The molecule has 1 heterocycles. The van der Waals surface area contributed by atoms with E-state index < -0.39 is 5.41 Å². The van der Waals surface area contributed by atoms with Gasteiger partial charge in [0.25, 0.3) is 0 Å². The van der Waals surface area contributed by atoms with Crippen LogP contribution < -0.4 is 4.74 Å². The lowest BCUT2D eigenvalue weighted by Crippen LogP contribution is -2.32. The number of phenolic OH excluding ortho intramolecular Hbond substituents is 1. The molecule has 2 aromatic rings. The normalized spacial score (nSPS) is 13.2. The van der Waals surface area contributed by atoms with Gasteiger partial charge in [-0.25, -0.2) is 4.99 Å². The monoisotopic (exact) mass is 368 g/mol. The van der Waals surface area contributed by atoms with Crippen LogP contribution in [0.5, 0.6) is 11.5 Å². The van der Waals surface area contributed by atoms with Crippen molar-refractivity contribution in [3.05, 3.63) is 53.6 Å². The average molecular weight is 368 g/mol. The molecule has 0 saturated heterocycles. The maximum Gasteiger partial charge on any atom is 0.312 e. The summed E-state index contributed by atoms with van der Waals surface area (Å²) in [6.45, 7) is 6.32. The number of hydrogen-bond donors (Lipinski definition) is 1. The molecule has 0 aromatic heterocycles. The molecule has 0 amide bonds. The first-order valence-electron chi connectivity index (χ1n) is 8.81. The Morgan fingerprint density at radius 1 is 1.22 bits per heavy atom. The summed E-state index contributed by atoms with van der Waals surface area (Å²) >= 11 is 0. The van der Waals surface area contributed by atoms with Crippen LogP contribution in [0.4, 0.5) is 5.69 Å². The van der Waals surface area contributed by atoms with Crippen molar-refractivity contribution in [2.75, 3.05) is 6.73 Å². The van der Waals surface area contributed by atoms with E-state index >= 15 is 0 Å². The van der Waals surface area contributed by atoms with Gasteiger partial charge < -0.3 is 19.5 Å². The van der Waals surface area contributed by atoms with Crippen LogP contribution >= 0.6 is 0 Å². The van der Waals surface area contributed by atoms with E-state index in [-0.39, 0.29) is 18.4 Å². The highest BCUT2D eigenvalue weighted by molar-refractivity contribution is 5.76. The summed E-state index contributed by atoms with van der Waals surface area (Å²) in [5, 5.41) is 10.4. The van der Waals surface area contributed by atoms with Crippen molar-refractivity contribution in [1.29, 1.82) is 0 Å². The minimum Gasteiger partial charge on any atom is -0.507 e. The molecule has 1 N–H and O–H groups in total. The number of nitrogens with zero attached hydrogens (tertiary/aromatic N) is 2. The number of ether oxygens (including phenoxy) is 2. The molecule has 0 unspecified atom stereocenters. The third kappa shape index (κ3) is 4.78. The molecule has 0 spiro atoms. The summed E-state index contributed by atoms with van der Waals surface area (Å²) in [5.41, 5.74) is 1.82. The van der Waals surface area contributed by atoms with E-state index in [4.69, 9.17) is 9.47 Å². The summed E-state index contributed by atoms with van der Waals surface area (Å²) in [4.78, 5) is 18.0. The van der Waals surface area contributed by atoms with Gasteiger partial charge in [-0.2, -0.15) is 0 Å². The molecular weight excluding hydrogens is 344 g/mol. The second-order valence-electron chi connectivity index (χ2n) is 7.52. The second-order valence-corrected chi connectivity index (χ2v) is 7.52. The average Bonchev–Trinajstić information content (AvgIpc) is 2.64. The summed E-state index contributed by atoms with van der Waals surface area (Å²) in [7, 11) is 0. The maximum atomic E-state index is 11.9. The first-order chi connectivity index (χ1) is 12.8. The molecule has 1 aliphatic rings. The molecular formula is C21H24N2O4. The van der Waals surface area contributed by atoms with Gasteiger partial charge in [-0.1, -0.05) is 30.3 Å². The van der Waals surface area contributed by atoms with Crippen LogP contribution in [0.25, 0.3) is 0 Å². The third-order valence-corrected chi connectivity index (χ3v) is 4.12. The highest BCUT2D eigenvalue weighted by atomic mass is 16.5. The minimum atomic E-state index is -0.558. The lowest BCUT2D eigenvalue weighted by atomic mass is 9.98. The van der Waals surface area contributed by atoms with E-state index in [0.29, 0.717) is 30.2 Å². The van der Waals surface area contributed by atoms with E-state index in [0.717, 1.165) is 5.56 Å². The zero-order valence-corrected chi connectivity index (χ0v) is 15.8. The molecule has 0 aliphatic carbocycles. The van der Waals surface area contributed by atoms with Gasteiger partial charge in [-0.05, 0) is 26.3 Å². The van der Waals surface area contributed by atoms with E-state index in [1.807, 2.05) is 30.3 Å². The van der Waals surface area contributed by atoms with E-state index in [1.165, 1.54) is 0 Å². The summed E-state index contributed by atoms with van der Waals surface area (Å²) in [6, 6.07) is 13.2. The van der Waals surface area contributed by atoms with Crippen LogP contribution in [0.2, 0.25) is 0 Å². The molecule has 2 aromatic carbocycles. The van der Waals surface area contributed by atoms with Crippen LogP contribution in [-0.2, 0) is 22.7 Å². The minimum absolute atomic E-state index is 0.0880. The third-order valence-electron chi connectivity index (χ3n) is 4.12. The van der Waals surface area contributed by atoms with Crippen molar-refractivity contribution in [1.82, 2.24) is 4.90 Å². The van der Waals surface area contributed by atoms with Crippen molar-refractivity contribution < 1.29 is 19.4 Å². The predicted octanol–water partition coefficient (Wildman–Crippen LogP) is 3.99. The fraction of sp³-hybridized carbons (Fsp3) is 0.333. The highest BCUT2D eigenvalue weighted by Gasteiger charge is 2.24. The molecule has 0 saturated carbocycles. The smallest absolute Gasteiger partial charge is 0.312 e. The predicted molar refractivity (Wildman–Crippen MR) is 103 cm³/mol. The van der Waals surface area contributed by atoms with Crippen LogP contribution in [-0.4, -0.2) is 29.0 Å². The summed E-state index contributed by atoms with van der Waals surface area (Å²) in [6.07, 6.45) is 1.61. The Labute approximate surface area is 159 Å². The molecule has 0 atom stereocenters. The van der Waals surface area contributed by atoms with Crippen molar-refractivity contribution in [2.45, 2.75) is 33.9 Å². The first kappa shape index (κ1) is 18.8. The van der Waals surface area contributed by atoms with Gasteiger partial charge in [-0.15, -0.1) is 0 Å². The van der Waals surface area contributed by atoms with Crippen molar-refractivity contribution >= 4 is 18.0 Å². The Bertz CT molecular complexity index is 841. The SMILES string of the molecule is CC(C)(C)C(=O)OCN1C=Nc2cc(OCc3ccccc3)cc(O)c2C1. The Hall–Kier alpha value is -3.02. The molecule has 1 aliphatic heterocycles. The lowest BCUT2D eigenvalue weighted by molar-refractivity contribution is -0.156. The van der Waals surface area contributed by atoms with Gasteiger partial charge in [0.05, 0.1) is 24.0 Å². The number of carbonyl (C=O) groups excluding carboxylic acids is 1. The number of fused-ring (bicyclic) bond motifs is 1. The highest BCUT2D eigenvalue weighted by Crippen LogP contribution is 2.36. The second kappa shape index (κ2) is 7.70. The molecule has 6 nitrogen and oxygen atoms in total. The number of benzene rings is 2. The number of carbonyl (C=O) groups is 1. The van der Waals surface area contributed by atoms with Crippen LogP contribution in [0, 0.1) is 5.41 Å². The fourth-order valence-corrected chi connectivity index (χ4v) is 2.54. The zero-order valence-electron chi connectivity index (χ0n) is 15.8. The van der Waals surface area contributed by atoms with E-state index in [1.54, 1.807) is 44.1 Å². The Kier molecular flexibility index (Phi) is 5.35. The number of hydrogen-bond acceptors (Lipinski definition) is 6. The van der Waals surface area contributed by atoms with Gasteiger partial charge >= 0.3 is 5.97 Å². The lowest BCUT2D eigenvalue weighted by Gasteiger charge is -2.26. The number of aromatic hydroxyl groups is 1. The van der Waals surface area contributed by atoms with Crippen molar-refractivity contribution in [3.8, 4) is 11.5 Å². The van der Waals surface area contributed by atoms with Gasteiger partial charge in [0.2, 0.25) is 0 Å². The van der Waals surface area contributed by atoms with Crippen LogP contribution in [0.3, 0.4) is 0 Å². The largest absolute Gasteiger partial charge is 0.507 e. The van der Waals surface area contributed by atoms with Gasteiger partial charge in [0.1, 0.15) is 18.1 Å². The first-order valence-corrected chi connectivity index (χ1v) is 8.81. The van der Waals surface area contributed by atoms with E-state index in [9.17, 15) is 9.90 Å². The molecule has 142 valence electrons. The standard InChI is InChI=1S/C21H24N2O4/c1-21(2,3)20(25)27-14-23-11-17-18(22-13-23)9-16(10-19(17)24)26-12-15-7-5-4-6-8-15/h4-10,13,24H,11-12,14H2,1-3H3. The molecule has 0 bridgehead atoms. The molecule has 0 fully saturated rings. The topological polar surface area (TPSA) is 71.4 Å². The number of esters is 1. The number of aliphatic imine (C=N–C) groups is 1. The molecule has 0 radical (unpaired) electrons. The quantitative estimate of drug-likeness (QED) is 0.808. The maximum absolute atomic E-state index is 11.9. The number of rotatable bonds is 5. The van der Waals surface area contributed by atoms with Crippen molar-refractivity contribution in [2.24, 2.45) is 10.4 Å². The van der Waals surface area contributed by atoms with Gasteiger partial charge in [-0.3, -0.25) is 4.79 Å². The Morgan fingerprint density at radius 2 is 1.96 bits per heavy atom. The van der Waals surface area contributed by atoms with Crippen molar-refractivity contribution in [3.63, 3.8) is 0 Å². The number of phenols is 1. The summed E-state index contributed by atoms with van der Waals surface area (Å²) in [5.74, 6) is 0.384. The van der Waals surface area contributed by atoms with Gasteiger partial charge in [0, 0.05) is 17.7 Å². The Morgan fingerprint density at radius 3 is 2.67 bits per heavy atom. The van der Waals surface area contributed by atoms with E-state index in [2.05, 4.69) is 4.99 Å². The molecule has 6 heteroatoms. The molecule has 27 heavy (non-hydrogen) atoms. The van der Waals surface area contributed by atoms with Crippen LogP contribution in [0.1, 0.15) is 31.9 Å². The molecule has 3 rings (SSSR count). The zero-order chi connectivity index (χ0) is 19.4.